The topological polar surface area (TPSA) is 81.9 Å². The van der Waals surface area contributed by atoms with Crippen LogP contribution < -0.4 is 9.47 Å². The molecule has 0 saturated carbocycles. The van der Waals surface area contributed by atoms with E-state index in [1.165, 1.54) is 24.3 Å². The van der Waals surface area contributed by atoms with Gasteiger partial charge in [-0.2, -0.15) is 0 Å². The zero-order chi connectivity index (χ0) is 18.9. The highest BCUT2D eigenvalue weighted by atomic mass is 35.5. The number of hydrogen-bond acceptors (Lipinski definition) is 5. The molecule has 0 saturated heterocycles. The van der Waals surface area contributed by atoms with E-state index in [4.69, 9.17) is 21.1 Å². The van der Waals surface area contributed by atoms with Crippen molar-refractivity contribution < 1.29 is 19.2 Å². The third-order valence-corrected chi connectivity index (χ3v) is 3.82. The molecule has 0 aromatic heterocycles. The van der Waals surface area contributed by atoms with Gasteiger partial charge in [-0.15, -0.1) is 0 Å². The Kier molecular flexibility index (Phi) is 7.23. The Balaban J connectivity index is 1.66. The van der Waals surface area contributed by atoms with Crippen molar-refractivity contribution in [2.75, 3.05) is 26.8 Å². The molecule has 0 bridgehead atoms. The molecule has 0 radical (unpaired) electrons. The van der Waals surface area contributed by atoms with Crippen LogP contribution in [0.15, 0.2) is 48.5 Å². The second-order valence-electron chi connectivity index (χ2n) is 5.47. The second kappa shape index (κ2) is 9.62. The van der Waals surface area contributed by atoms with E-state index in [0.717, 1.165) is 0 Å². The molecule has 0 N–H and O–H groups in total. The summed E-state index contributed by atoms with van der Waals surface area (Å²) in [6, 6.07) is 12.7. The SMILES string of the molecule is CN(CCOc1ccc(Cl)cc1)C(=O)CCOc1ccc([N+](=O)[O-])cc1. The monoisotopic (exact) mass is 378 g/mol. The summed E-state index contributed by atoms with van der Waals surface area (Å²) in [6.45, 7) is 1.01. The van der Waals surface area contributed by atoms with E-state index in [1.54, 1.807) is 36.2 Å². The van der Waals surface area contributed by atoms with E-state index < -0.39 is 4.92 Å². The number of rotatable bonds is 9. The highest BCUT2D eigenvalue weighted by molar-refractivity contribution is 6.30. The first kappa shape index (κ1) is 19.5. The molecule has 0 aliphatic carbocycles. The molecule has 0 heterocycles. The lowest BCUT2D eigenvalue weighted by atomic mass is 10.3. The van der Waals surface area contributed by atoms with Gasteiger partial charge in [0.05, 0.1) is 24.5 Å². The molecular formula is C18H19ClN2O5. The number of hydrogen-bond donors (Lipinski definition) is 0. The van der Waals surface area contributed by atoms with Gasteiger partial charge in [-0.05, 0) is 36.4 Å². The number of halogens is 1. The molecule has 26 heavy (non-hydrogen) atoms. The highest BCUT2D eigenvalue weighted by Crippen LogP contribution is 2.17. The molecule has 0 unspecified atom stereocenters. The minimum atomic E-state index is -0.478. The average molecular weight is 379 g/mol. The number of benzene rings is 2. The molecule has 0 aliphatic heterocycles. The van der Waals surface area contributed by atoms with Crippen molar-refractivity contribution in [1.82, 2.24) is 4.90 Å². The Hall–Kier alpha value is -2.80. The minimum absolute atomic E-state index is 0.00570. The largest absolute Gasteiger partial charge is 0.493 e. The normalized spacial score (nSPS) is 10.2. The minimum Gasteiger partial charge on any atom is -0.493 e. The molecule has 8 heteroatoms. The van der Waals surface area contributed by atoms with E-state index >= 15 is 0 Å². The molecule has 0 fully saturated rings. The van der Waals surface area contributed by atoms with Crippen molar-refractivity contribution in [3.05, 3.63) is 63.7 Å². The maximum Gasteiger partial charge on any atom is 0.269 e. The summed E-state index contributed by atoms with van der Waals surface area (Å²) in [5.41, 5.74) is -0.00570. The van der Waals surface area contributed by atoms with E-state index in [1.807, 2.05) is 0 Å². The zero-order valence-electron chi connectivity index (χ0n) is 14.3. The van der Waals surface area contributed by atoms with Gasteiger partial charge >= 0.3 is 0 Å². The van der Waals surface area contributed by atoms with Crippen LogP contribution in [0.3, 0.4) is 0 Å². The van der Waals surface area contributed by atoms with Crippen molar-refractivity contribution in [3.63, 3.8) is 0 Å². The van der Waals surface area contributed by atoms with Crippen LogP contribution in [0.25, 0.3) is 0 Å². The lowest BCUT2D eigenvalue weighted by Gasteiger charge is -2.17. The standard InChI is InChI=1S/C18H19ClN2O5/c1-20(11-13-26-16-6-2-14(19)3-7-16)18(22)10-12-25-17-8-4-15(5-9-17)21(23)24/h2-9H,10-13H2,1H3. The molecule has 0 atom stereocenters. The van der Waals surface area contributed by atoms with Crippen LogP contribution in [0.2, 0.25) is 5.02 Å². The fourth-order valence-corrected chi connectivity index (χ4v) is 2.19. The van der Waals surface area contributed by atoms with E-state index in [2.05, 4.69) is 0 Å². The first-order chi connectivity index (χ1) is 12.5. The molecule has 2 rings (SSSR count). The number of ether oxygens (including phenoxy) is 2. The van der Waals surface area contributed by atoms with Crippen LogP contribution in [0.4, 0.5) is 5.69 Å². The Morgan fingerprint density at radius 2 is 1.58 bits per heavy atom. The first-order valence-corrected chi connectivity index (χ1v) is 8.33. The summed E-state index contributed by atoms with van der Waals surface area (Å²) in [5.74, 6) is 1.10. The van der Waals surface area contributed by atoms with Crippen LogP contribution in [0.1, 0.15) is 6.42 Å². The fraction of sp³-hybridized carbons (Fsp3) is 0.278. The van der Waals surface area contributed by atoms with Crippen molar-refractivity contribution in [1.29, 1.82) is 0 Å². The summed E-state index contributed by atoms with van der Waals surface area (Å²) in [4.78, 5) is 23.7. The molecule has 7 nitrogen and oxygen atoms in total. The van der Waals surface area contributed by atoms with Gasteiger partial charge in [-0.1, -0.05) is 11.6 Å². The summed E-state index contributed by atoms with van der Waals surface area (Å²) in [6.07, 6.45) is 0.203. The number of likely N-dealkylation sites (N-methyl/N-ethyl adjacent to an activating group) is 1. The van der Waals surface area contributed by atoms with Crippen LogP contribution in [0.5, 0.6) is 11.5 Å². The molecule has 2 aromatic rings. The molecule has 1 amide bonds. The number of nitro groups is 1. The molecule has 138 valence electrons. The predicted molar refractivity (Wildman–Crippen MR) is 97.8 cm³/mol. The van der Waals surface area contributed by atoms with Crippen LogP contribution in [0, 0.1) is 10.1 Å². The quantitative estimate of drug-likeness (QED) is 0.492. The molecule has 0 aliphatic rings. The number of nitrogens with zero attached hydrogens (tertiary/aromatic N) is 2. The van der Waals surface area contributed by atoms with Crippen molar-refractivity contribution in [2.24, 2.45) is 0 Å². The smallest absolute Gasteiger partial charge is 0.269 e. The van der Waals surface area contributed by atoms with Crippen molar-refractivity contribution >= 4 is 23.2 Å². The molecular weight excluding hydrogens is 360 g/mol. The third kappa shape index (κ3) is 6.25. The highest BCUT2D eigenvalue weighted by Gasteiger charge is 2.10. The number of carbonyl (C=O) groups is 1. The Morgan fingerprint density at radius 3 is 2.15 bits per heavy atom. The Morgan fingerprint density at radius 1 is 1.04 bits per heavy atom. The van der Waals surface area contributed by atoms with Crippen molar-refractivity contribution in [2.45, 2.75) is 6.42 Å². The molecule has 0 spiro atoms. The summed E-state index contributed by atoms with van der Waals surface area (Å²) in [7, 11) is 1.69. The fourth-order valence-electron chi connectivity index (χ4n) is 2.07. The number of nitro benzene ring substituents is 1. The number of non-ortho nitro benzene ring substituents is 1. The van der Waals surface area contributed by atoms with E-state index in [9.17, 15) is 14.9 Å². The number of carbonyl (C=O) groups excluding carboxylic acids is 1. The maximum atomic E-state index is 12.0. The number of amides is 1. The third-order valence-electron chi connectivity index (χ3n) is 3.57. The van der Waals surface area contributed by atoms with Gasteiger partial charge in [0.2, 0.25) is 5.91 Å². The van der Waals surface area contributed by atoms with Gasteiger partial charge in [0.25, 0.3) is 5.69 Å². The van der Waals surface area contributed by atoms with Gasteiger partial charge in [-0.3, -0.25) is 14.9 Å². The van der Waals surface area contributed by atoms with E-state index in [-0.39, 0.29) is 24.6 Å². The van der Waals surface area contributed by atoms with Gasteiger partial charge in [0.1, 0.15) is 18.1 Å². The maximum absolute atomic E-state index is 12.0. The second-order valence-corrected chi connectivity index (χ2v) is 5.90. The lowest BCUT2D eigenvalue weighted by Crippen LogP contribution is -2.31. The van der Waals surface area contributed by atoms with Crippen LogP contribution >= 0.6 is 11.6 Å². The van der Waals surface area contributed by atoms with Gasteiger partial charge in [-0.25, -0.2) is 0 Å². The zero-order valence-corrected chi connectivity index (χ0v) is 15.0. The molecule has 2 aromatic carbocycles. The Bertz CT molecular complexity index is 734. The Labute approximate surface area is 156 Å². The predicted octanol–water partition coefficient (Wildman–Crippen LogP) is 3.55. The van der Waals surface area contributed by atoms with Crippen molar-refractivity contribution in [3.8, 4) is 11.5 Å². The van der Waals surface area contributed by atoms with Crippen LogP contribution in [-0.2, 0) is 4.79 Å². The van der Waals surface area contributed by atoms with E-state index in [0.29, 0.717) is 29.7 Å². The van der Waals surface area contributed by atoms with Crippen LogP contribution in [-0.4, -0.2) is 42.5 Å². The van der Waals surface area contributed by atoms with Gasteiger partial charge in [0.15, 0.2) is 0 Å². The summed E-state index contributed by atoms with van der Waals surface area (Å²) < 4.78 is 11.0. The average Bonchev–Trinajstić information content (AvgIpc) is 2.63. The first-order valence-electron chi connectivity index (χ1n) is 7.95. The summed E-state index contributed by atoms with van der Waals surface area (Å²) in [5, 5.41) is 11.2. The van der Waals surface area contributed by atoms with Gasteiger partial charge < -0.3 is 14.4 Å². The lowest BCUT2D eigenvalue weighted by molar-refractivity contribution is -0.384. The summed E-state index contributed by atoms with van der Waals surface area (Å²) >= 11 is 5.80. The van der Waals surface area contributed by atoms with Gasteiger partial charge in [0, 0.05) is 24.2 Å².